The van der Waals surface area contributed by atoms with E-state index >= 15 is 0 Å². The summed E-state index contributed by atoms with van der Waals surface area (Å²) in [5.41, 5.74) is 5.09. The molecule has 1 radical (unpaired) electrons. The van der Waals surface area contributed by atoms with Crippen molar-refractivity contribution in [1.29, 1.82) is 0 Å². The number of benzene rings is 2. The first-order valence-corrected chi connectivity index (χ1v) is 19.2. The second-order valence-electron chi connectivity index (χ2n) is 15.7. The second kappa shape index (κ2) is 17.6. The van der Waals surface area contributed by atoms with E-state index in [2.05, 4.69) is 101 Å². The summed E-state index contributed by atoms with van der Waals surface area (Å²) in [5, 5.41) is 13.7. The summed E-state index contributed by atoms with van der Waals surface area (Å²) in [6.07, 6.45) is 7.67. The van der Waals surface area contributed by atoms with Crippen LogP contribution in [0.4, 0.5) is 0 Å². The number of aliphatic hydroxyl groups excluding tert-OH is 1. The number of carbonyl (C=O) groups is 1. The zero-order valence-corrected chi connectivity index (χ0v) is 35.7. The van der Waals surface area contributed by atoms with Gasteiger partial charge in [0.05, 0.1) is 0 Å². The summed E-state index contributed by atoms with van der Waals surface area (Å²) in [4.78, 5) is 24.1. The van der Waals surface area contributed by atoms with Gasteiger partial charge in [-0.05, 0) is 67.2 Å². The Hall–Kier alpha value is -3.18. The summed E-state index contributed by atoms with van der Waals surface area (Å²) in [6, 6.07) is 25.3. The van der Waals surface area contributed by atoms with Gasteiger partial charge in [-0.3, -0.25) is 9.78 Å². The molecule has 51 heavy (non-hydrogen) atoms. The van der Waals surface area contributed by atoms with Crippen molar-refractivity contribution in [3.63, 3.8) is 0 Å². The van der Waals surface area contributed by atoms with Crippen LogP contribution in [0, 0.1) is 22.8 Å². The third-order valence-electron chi connectivity index (χ3n) is 10.6. The van der Waals surface area contributed by atoms with Crippen LogP contribution in [-0.2, 0) is 36.7 Å². The largest absolute Gasteiger partial charge is 0.512 e. The van der Waals surface area contributed by atoms with Crippen LogP contribution in [0.3, 0.4) is 0 Å². The van der Waals surface area contributed by atoms with Crippen LogP contribution in [0.2, 0.25) is 0 Å². The number of rotatable bonds is 11. The van der Waals surface area contributed by atoms with Gasteiger partial charge < -0.3 is 5.11 Å². The van der Waals surface area contributed by atoms with Crippen molar-refractivity contribution in [3.05, 3.63) is 96.0 Å². The molecule has 5 rings (SSSR count). The Balaban J connectivity index is 0.000000335. The van der Waals surface area contributed by atoms with Gasteiger partial charge in [0.2, 0.25) is 0 Å². The number of carbonyl (C=O) groups excluding carboxylic acids is 1. The molecular weight excluding hydrogens is 825 g/mol. The topological polar surface area (TPSA) is 63.1 Å². The first-order valence-electron chi connectivity index (χ1n) is 18.3. The molecule has 5 aromatic rings. The molecular formula is C45H57IrN2O2S-. The SMILES string of the molecule is CC(C)Cc1ccc2cc(-c3ccnc(-c4[c-]c5ccccc5c(C(C)(C)C)c4)c3)sc2n1.CCC(C)(CC)C(=O)/C=C(\O)C(C)(CC)CC.[Ir]. The van der Waals surface area contributed by atoms with Gasteiger partial charge in [-0.1, -0.05) is 117 Å². The molecule has 0 atom stereocenters. The monoisotopic (exact) mass is 882 g/mol. The van der Waals surface area contributed by atoms with Gasteiger partial charge in [0.15, 0.2) is 5.78 Å². The molecule has 0 aliphatic carbocycles. The molecule has 0 spiro atoms. The first kappa shape index (κ1) is 42.2. The Kier molecular flexibility index (Phi) is 14.5. The van der Waals surface area contributed by atoms with E-state index in [1.807, 2.05) is 47.7 Å². The maximum Gasteiger partial charge on any atom is 0.164 e. The number of allylic oxidation sites excluding steroid dienone is 2. The van der Waals surface area contributed by atoms with Gasteiger partial charge in [0.25, 0.3) is 0 Å². The molecule has 0 aliphatic heterocycles. The zero-order chi connectivity index (χ0) is 36.9. The number of aromatic nitrogens is 2. The maximum atomic E-state index is 12.2. The Labute approximate surface area is 324 Å². The molecule has 0 amide bonds. The predicted molar refractivity (Wildman–Crippen MR) is 215 cm³/mol. The molecule has 4 nitrogen and oxygen atoms in total. The average Bonchev–Trinajstić information content (AvgIpc) is 3.53. The van der Waals surface area contributed by atoms with E-state index < -0.39 is 0 Å². The van der Waals surface area contributed by atoms with Crippen molar-refractivity contribution < 1.29 is 30.0 Å². The van der Waals surface area contributed by atoms with Crippen LogP contribution in [0.1, 0.15) is 113 Å². The second-order valence-corrected chi connectivity index (χ2v) is 16.7. The smallest absolute Gasteiger partial charge is 0.164 e. The van der Waals surface area contributed by atoms with E-state index in [9.17, 15) is 9.90 Å². The summed E-state index contributed by atoms with van der Waals surface area (Å²) < 4.78 is 0. The van der Waals surface area contributed by atoms with Crippen molar-refractivity contribution in [2.24, 2.45) is 16.7 Å². The molecule has 0 fully saturated rings. The minimum absolute atomic E-state index is 0. The fraction of sp³-hybridized carbons (Fsp3) is 0.444. The summed E-state index contributed by atoms with van der Waals surface area (Å²) >= 11 is 1.76. The number of ketones is 1. The molecule has 3 aromatic heterocycles. The van der Waals surface area contributed by atoms with Crippen molar-refractivity contribution in [2.45, 2.75) is 114 Å². The number of pyridine rings is 2. The van der Waals surface area contributed by atoms with Crippen molar-refractivity contribution >= 4 is 38.1 Å². The molecule has 3 heterocycles. The fourth-order valence-corrected chi connectivity index (χ4v) is 7.08. The van der Waals surface area contributed by atoms with Gasteiger partial charge in [-0.2, -0.15) is 0 Å². The van der Waals surface area contributed by atoms with E-state index in [1.54, 1.807) is 11.3 Å². The van der Waals surface area contributed by atoms with Gasteiger partial charge >= 0.3 is 0 Å². The summed E-state index contributed by atoms with van der Waals surface area (Å²) in [6.45, 7) is 23.3. The van der Waals surface area contributed by atoms with Crippen LogP contribution in [0.5, 0.6) is 0 Å². The molecule has 0 aliphatic rings. The minimum atomic E-state index is -0.337. The van der Waals surface area contributed by atoms with Crippen LogP contribution in [0.25, 0.3) is 42.7 Å². The molecule has 0 unspecified atom stereocenters. The molecule has 1 N–H and O–H groups in total. The molecule has 275 valence electrons. The van der Waals surface area contributed by atoms with Gasteiger partial charge in [-0.15, -0.1) is 40.5 Å². The number of hydrogen-bond donors (Lipinski definition) is 1. The van der Waals surface area contributed by atoms with Gasteiger partial charge in [0.1, 0.15) is 10.6 Å². The van der Waals surface area contributed by atoms with Gasteiger partial charge in [0, 0.05) is 64.9 Å². The Morgan fingerprint density at radius 3 is 2.14 bits per heavy atom. The first-order chi connectivity index (χ1) is 23.6. The number of aliphatic hydroxyl groups is 1. The molecule has 6 heteroatoms. The van der Waals surface area contributed by atoms with Crippen molar-refractivity contribution in [2.75, 3.05) is 0 Å². The standard InChI is InChI=1S/C30H29N2S.C15H28O2.Ir/c1-19(2)14-24-11-10-22-18-28(33-29(22)32-24)21-12-13-31-27(17-21)23-15-20-8-6-7-9-25(20)26(16-23)30(3,4)5;1-7-14(5,8-2)12(16)11-13(17)15(6,9-3)10-4;/h6-13,16-19H,14H2,1-5H3;11,16H,7-10H2,1-6H3;/q-1;;/b;12-11-;. The summed E-state index contributed by atoms with van der Waals surface area (Å²) in [7, 11) is 0. The van der Waals surface area contributed by atoms with Gasteiger partial charge in [-0.25, -0.2) is 4.98 Å². The quantitative estimate of drug-likeness (QED) is 0.0815. The normalized spacial score (nSPS) is 12.5. The predicted octanol–water partition coefficient (Wildman–Crippen LogP) is 13.1. The maximum absolute atomic E-state index is 12.2. The molecule has 0 saturated carbocycles. The molecule has 2 aromatic carbocycles. The number of nitrogens with zero attached hydrogens (tertiary/aromatic N) is 2. The Morgan fingerprint density at radius 2 is 1.53 bits per heavy atom. The van der Waals surface area contributed by atoms with Crippen molar-refractivity contribution in [3.8, 4) is 21.7 Å². The zero-order valence-electron chi connectivity index (χ0n) is 32.5. The third-order valence-corrected chi connectivity index (χ3v) is 11.7. The molecule has 0 saturated heterocycles. The van der Waals surface area contributed by atoms with Crippen LogP contribution in [0.15, 0.2) is 78.7 Å². The number of hydrogen-bond acceptors (Lipinski definition) is 5. The van der Waals surface area contributed by atoms with E-state index in [4.69, 9.17) is 9.97 Å². The van der Waals surface area contributed by atoms with E-state index in [-0.39, 0.29) is 47.9 Å². The molecule has 0 bridgehead atoms. The Bertz CT molecular complexity index is 1960. The van der Waals surface area contributed by atoms with Crippen LogP contribution < -0.4 is 0 Å². The average molecular weight is 882 g/mol. The van der Waals surface area contributed by atoms with E-state index in [0.717, 1.165) is 53.6 Å². The number of fused-ring (bicyclic) bond motifs is 2. The van der Waals surface area contributed by atoms with E-state index in [1.165, 1.54) is 38.5 Å². The van der Waals surface area contributed by atoms with Crippen LogP contribution in [-0.4, -0.2) is 20.9 Å². The van der Waals surface area contributed by atoms with Crippen LogP contribution >= 0.6 is 11.3 Å². The van der Waals surface area contributed by atoms with Crippen molar-refractivity contribution in [1.82, 2.24) is 9.97 Å². The summed E-state index contributed by atoms with van der Waals surface area (Å²) in [5.74, 6) is 0.891. The Morgan fingerprint density at radius 1 is 0.882 bits per heavy atom. The van der Waals surface area contributed by atoms with E-state index in [0.29, 0.717) is 5.92 Å². The fourth-order valence-electron chi connectivity index (χ4n) is 6.03. The minimum Gasteiger partial charge on any atom is -0.512 e. The third kappa shape index (κ3) is 10.0. The number of thiophene rings is 1.